The van der Waals surface area contributed by atoms with Crippen molar-refractivity contribution in [2.45, 2.75) is 19.8 Å². The monoisotopic (exact) mass is 345 g/mol. The quantitative estimate of drug-likeness (QED) is 0.868. The molecule has 21 heavy (non-hydrogen) atoms. The Bertz CT molecular complexity index is 712. The van der Waals surface area contributed by atoms with Crippen LogP contribution in [0.2, 0.25) is 0 Å². The number of benzene rings is 2. The smallest absolute Gasteiger partial charge is 0.337 e. The summed E-state index contributed by atoms with van der Waals surface area (Å²) < 4.78 is 0.890. The molecule has 108 valence electrons. The van der Waals surface area contributed by atoms with E-state index in [1.54, 1.807) is 12.1 Å². The van der Waals surface area contributed by atoms with E-state index < -0.39 is 5.97 Å². The Morgan fingerprint density at radius 3 is 2.76 bits per heavy atom. The van der Waals surface area contributed by atoms with E-state index >= 15 is 0 Å². The van der Waals surface area contributed by atoms with E-state index in [2.05, 4.69) is 46.0 Å². The summed E-state index contributed by atoms with van der Waals surface area (Å²) in [6.45, 7) is 2.92. The van der Waals surface area contributed by atoms with Gasteiger partial charge in [-0.05, 0) is 49.6 Å². The minimum absolute atomic E-state index is 0.339. The van der Waals surface area contributed by atoms with Gasteiger partial charge in [-0.25, -0.2) is 4.79 Å². The number of halogens is 1. The van der Waals surface area contributed by atoms with E-state index in [9.17, 15) is 9.90 Å². The molecule has 0 saturated heterocycles. The molecule has 0 spiro atoms. The number of nitrogens with zero attached hydrogens (tertiary/aromatic N) is 1. The molecule has 1 aliphatic heterocycles. The van der Waals surface area contributed by atoms with Crippen LogP contribution < -0.4 is 4.90 Å². The van der Waals surface area contributed by atoms with Crippen LogP contribution in [0.25, 0.3) is 0 Å². The molecule has 1 N–H and O–H groups in total. The van der Waals surface area contributed by atoms with Crippen LogP contribution in [-0.4, -0.2) is 17.6 Å². The summed E-state index contributed by atoms with van der Waals surface area (Å²) in [5, 5.41) is 9.44. The van der Waals surface area contributed by atoms with Crippen molar-refractivity contribution in [2.75, 3.05) is 11.4 Å². The molecule has 3 rings (SSSR count). The molecule has 2 aromatic rings. The van der Waals surface area contributed by atoms with Crippen LogP contribution in [0.5, 0.6) is 0 Å². The molecule has 0 fully saturated rings. The van der Waals surface area contributed by atoms with E-state index in [0.29, 0.717) is 5.56 Å². The van der Waals surface area contributed by atoms with Gasteiger partial charge in [-0.3, -0.25) is 0 Å². The minimum Gasteiger partial charge on any atom is -0.478 e. The lowest BCUT2D eigenvalue weighted by Gasteiger charge is -2.32. The molecule has 3 nitrogen and oxygen atoms in total. The Morgan fingerprint density at radius 1 is 1.19 bits per heavy atom. The molecule has 0 unspecified atom stereocenters. The van der Waals surface area contributed by atoms with Crippen LogP contribution in [0.3, 0.4) is 0 Å². The van der Waals surface area contributed by atoms with Gasteiger partial charge in [0.2, 0.25) is 0 Å². The molecular formula is C17H16BrNO2. The van der Waals surface area contributed by atoms with E-state index in [1.165, 1.54) is 11.1 Å². The average molecular weight is 346 g/mol. The number of anilines is 2. The van der Waals surface area contributed by atoms with Gasteiger partial charge < -0.3 is 10.0 Å². The zero-order chi connectivity index (χ0) is 15.0. The van der Waals surface area contributed by atoms with Crippen LogP contribution >= 0.6 is 15.9 Å². The number of aryl methyl sites for hydroxylation is 2. The summed E-state index contributed by atoms with van der Waals surface area (Å²) in [7, 11) is 0. The molecule has 0 saturated carbocycles. The van der Waals surface area contributed by atoms with Gasteiger partial charge in [0, 0.05) is 16.7 Å². The van der Waals surface area contributed by atoms with E-state index in [1.807, 2.05) is 6.07 Å². The van der Waals surface area contributed by atoms with Crippen molar-refractivity contribution in [1.82, 2.24) is 0 Å². The Labute approximate surface area is 132 Å². The number of hydrogen-bond donors (Lipinski definition) is 1. The highest BCUT2D eigenvalue weighted by atomic mass is 79.9. The van der Waals surface area contributed by atoms with Gasteiger partial charge >= 0.3 is 5.97 Å². The van der Waals surface area contributed by atoms with Gasteiger partial charge in [0.25, 0.3) is 0 Å². The maximum atomic E-state index is 11.5. The van der Waals surface area contributed by atoms with E-state index in [4.69, 9.17) is 0 Å². The van der Waals surface area contributed by atoms with Crippen LogP contribution in [0.4, 0.5) is 11.4 Å². The first-order valence-corrected chi connectivity index (χ1v) is 7.75. The van der Waals surface area contributed by atoms with Crippen molar-refractivity contribution < 1.29 is 9.90 Å². The molecule has 2 aromatic carbocycles. The van der Waals surface area contributed by atoms with Gasteiger partial charge in [0.05, 0.1) is 11.3 Å². The first kappa shape index (κ1) is 14.1. The van der Waals surface area contributed by atoms with Crippen molar-refractivity contribution in [1.29, 1.82) is 0 Å². The zero-order valence-corrected chi connectivity index (χ0v) is 13.4. The second kappa shape index (κ2) is 5.53. The van der Waals surface area contributed by atoms with Crippen molar-refractivity contribution in [3.05, 3.63) is 57.6 Å². The Morgan fingerprint density at radius 2 is 2.00 bits per heavy atom. The molecule has 0 aliphatic carbocycles. The molecule has 4 heteroatoms. The van der Waals surface area contributed by atoms with Gasteiger partial charge in [-0.1, -0.05) is 33.6 Å². The highest BCUT2D eigenvalue weighted by molar-refractivity contribution is 9.10. The van der Waals surface area contributed by atoms with Gasteiger partial charge in [-0.2, -0.15) is 0 Å². The highest BCUT2D eigenvalue weighted by Gasteiger charge is 2.22. The molecule has 1 aliphatic rings. The molecule has 0 bridgehead atoms. The first-order valence-electron chi connectivity index (χ1n) is 6.96. The third-order valence-electron chi connectivity index (χ3n) is 3.83. The highest BCUT2D eigenvalue weighted by Crippen LogP contribution is 2.37. The Kier molecular flexibility index (Phi) is 3.72. The zero-order valence-electron chi connectivity index (χ0n) is 11.8. The lowest BCUT2D eigenvalue weighted by Crippen LogP contribution is -2.26. The third-order valence-corrected chi connectivity index (χ3v) is 4.33. The summed E-state index contributed by atoms with van der Waals surface area (Å²) in [6, 6.07) is 11.7. The molecule has 0 amide bonds. The van der Waals surface area contributed by atoms with E-state index in [-0.39, 0.29) is 0 Å². The number of carboxylic acid groups (broad SMARTS) is 1. The van der Waals surface area contributed by atoms with Crippen LogP contribution in [-0.2, 0) is 6.42 Å². The lowest BCUT2D eigenvalue weighted by atomic mass is 9.98. The molecule has 0 atom stereocenters. The number of carbonyl (C=O) groups is 1. The number of fused-ring (bicyclic) bond motifs is 1. The Balaban J connectivity index is 2.15. The normalized spacial score (nSPS) is 13.9. The maximum Gasteiger partial charge on any atom is 0.337 e. The predicted molar refractivity (Wildman–Crippen MR) is 87.6 cm³/mol. The fraction of sp³-hybridized carbons (Fsp3) is 0.235. The summed E-state index contributed by atoms with van der Waals surface area (Å²) in [5.41, 5.74) is 4.74. The van der Waals surface area contributed by atoms with Crippen molar-refractivity contribution in [2.24, 2.45) is 0 Å². The maximum absolute atomic E-state index is 11.5. The largest absolute Gasteiger partial charge is 0.478 e. The third kappa shape index (κ3) is 2.68. The fourth-order valence-corrected chi connectivity index (χ4v) is 3.23. The Hall–Kier alpha value is -1.81. The average Bonchev–Trinajstić information content (AvgIpc) is 2.45. The second-order valence-electron chi connectivity index (χ2n) is 5.35. The van der Waals surface area contributed by atoms with Crippen LogP contribution in [0, 0.1) is 6.92 Å². The number of rotatable bonds is 2. The van der Waals surface area contributed by atoms with Crippen LogP contribution in [0.15, 0.2) is 40.9 Å². The van der Waals surface area contributed by atoms with Crippen LogP contribution in [0.1, 0.15) is 27.9 Å². The lowest BCUT2D eigenvalue weighted by molar-refractivity contribution is 0.0697. The van der Waals surface area contributed by atoms with Crippen molar-refractivity contribution in [3.8, 4) is 0 Å². The first-order chi connectivity index (χ1) is 10.1. The summed E-state index contributed by atoms with van der Waals surface area (Å²) in [6.07, 6.45) is 2.08. The van der Waals surface area contributed by atoms with E-state index in [0.717, 1.165) is 35.2 Å². The number of aromatic carboxylic acids is 1. The van der Waals surface area contributed by atoms with Gasteiger partial charge in [0.1, 0.15) is 0 Å². The second-order valence-corrected chi connectivity index (χ2v) is 6.27. The van der Waals surface area contributed by atoms with Crippen molar-refractivity contribution in [3.63, 3.8) is 0 Å². The van der Waals surface area contributed by atoms with Gasteiger partial charge in [0.15, 0.2) is 0 Å². The fourth-order valence-electron chi connectivity index (χ4n) is 2.89. The standard InChI is InChI=1S/C17H16BrNO2/c1-11-4-7-15-12(9-11)3-2-8-19(15)16-10-13(18)5-6-14(16)17(20)21/h4-7,9-10H,2-3,8H2,1H3,(H,20,21). The summed E-state index contributed by atoms with van der Waals surface area (Å²) in [4.78, 5) is 13.6. The molecule has 1 heterocycles. The topological polar surface area (TPSA) is 40.5 Å². The molecular weight excluding hydrogens is 330 g/mol. The van der Waals surface area contributed by atoms with Crippen molar-refractivity contribution >= 4 is 33.3 Å². The summed E-state index contributed by atoms with van der Waals surface area (Å²) >= 11 is 3.44. The molecule has 0 radical (unpaired) electrons. The molecule has 0 aromatic heterocycles. The summed E-state index contributed by atoms with van der Waals surface area (Å²) in [5.74, 6) is -0.892. The number of carboxylic acids is 1. The SMILES string of the molecule is Cc1ccc2c(c1)CCCN2c1cc(Br)ccc1C(=O)O. The number of hydrogen-bond acceptors (Lipinski definition) is 2. The van der Waals surface area contributed by atoms with Gasteiger partial charge in [-0.15, -0.1) is 0 Å². The predicted octanol–water partition coefficient (Wildman–Crippen LogP) is 4.54. The minimum atomic E-state index is -0.892.